The lowest BCUT2D eigenvalue weighted by Gasteiger charge is -2.57. The Kier molecular flexibility index (Phi) is 3.44. The molecule has 1 aromatic carbocycles. The Hall–Kier alpha value is -1.37. The van der Waals surface area contributed by atoms with Crippen molar-refractivity contribution in [1.82, 2.24) is 9.47 Å². The maximum atomic E-state index is 12.3. The van der Waals surface area contributed by atoms with Gasteiger partial charge in [-0.25, -0.2) is 4.79 Å². The molecule has 2 aromatic rings. The van der Waals surface area contributed by atoms with Gasteiger partial charge in [0.1, 0.15) is 0 Å². The molecular formula is C20H23BrN2O3. The predicted molar refractivity (Wildman–Crippen MR) is 102 cm³/mol. The van der Waals surface area contributed by atoms with Gasteiger partial charge in [0.2, 0.25) is 5.72 Å². The molecule has 1 aromatic heterocycles. The molecule has 5 rings (SSSR count). The van der Waals surface area contributed by atoms with Gasteiger partial charge in [0.25, 0.3) is 0 Å². The first-order chi connectivity index (χ1) is 12.4. The van der Waals surface area contributed by atoms with Crippen LogP contribution in [0, 0.1) is 5.41 Å². The molecular weight excluding hydrogens is 396 g/mol. The summed E-state index contributed by atoms with van der Waals surface area (Å²) >= 11 is 3.52. The number of hydrogen-bond acceptors (Lipinski definition) is 3. The molecule has 2 N–H and O–H groups in total. The van der Waals surface area contributed by atoms with Crippen LogP contribution >= 0.6 is 15.9 Å². The zero-order valence-corrected chi connectivity index (χ0v) is 16.4. The topological polar surface area (TPSA) is 65.7 Å². The number of piperidine rings is 1. The maximum Gasteiger partial charge on any atom is 0.357 e. The van der Waals surface area contributed by atoms with Gasteiger partial charge >= 0.3 is 5.97 Å². The van der Waals surface area contributed by atoms with E-state index in [1.807, 2.05) is 12.1 Å². The second kappa shape index (κ2) is 5.33. The number of aliphatic carboxylic acids is 1. The summed E-state index contributed by atoms with van der Waals surface area (Å²) in [6.45, 7) is 4.22. The van der Waals surface area contributed by atoms with Crippen molar-refractivity contribution in [2.45, 2.75) is 50.8 Å². The van der Waals surface area contributed by atoms with Crippen LogP contribution in [0.15, 0.2) is 22.7 Å². The molecule has 138 valence electrons. The molecule has 0 saturated carbocycles. The number of fused-ring (bicyclic) bond motifs is 3. The second-order valence-corrected chi connectivity index (χ2v) is 9.08. The van der Waals surface area contributed by atoms with E-state index in [0.717, 1.165) is 59.8 Å². The van der Waals surface area contributed by atoms with E-state index in [1.54, 1.807) is 4.57 Å². The van der Waals surface area contributed by atoms with Crippen LogP contribution in [0.25, 0.3) is 10.9 Å². The van der Waals surface area contributed by atoms with E-state index in [-0.39, 0.29) is 17.9 Å². The van der Waals surface area contributed by atoms with E-state index in [1.165, 1.54) is 5.56 Å². The van der Waals surface area contributed by atoms with Gasteiger partial charge in [0, 0.05) is 28.5 Å². The number of carbonyl (C=O) groups is 1. The Morgan fingerprint density at radius 3 is 2.92 bits per heavy atom. The normalized spacial score (nSPS) is 33.3. The Morgan fingerprint density at radius 1 is 1.38 bits per heavy atom. The van der Waals surface area contributed by atoms with Gasteiger partial charge in [-0.1, -0.05) is 28.9 Å². The molecule has 3 aliphatic rings. The summed E-state index contributed by atoms with van der Waals surface area (Å²) in [4.78, 5) is 14.8. The molecule has 0 radical (unpaired) electrons. The third-order valence-electron chi connectivity index (χ3n) is 7.06. The third-order valence-corrected chi connectivity index (χ3v) is 7.56. The van der Waals surface area contributed by atoms with Gasteiger partial charge in [-0.05, 0) is 55.3 Å². The highest BCUT2D eigenvalue weighted by Crippen LogP contribution is 2.60. The van der Waals surface area contributed by atoms with Gasteiger partial charge in [0.05, 0.1) is 11.6 Å². The van der Waals surface area contributed by atoms with E-state index in [4.69, 9.17) is 0 Å². The minimum atomic E-state index is -1.89. The van der Waals surface area contributed by atoms with E-state index in [9.17, 15) is 15.0 Å². The van der Waals surface area contributed by atoms with Gasteiger partial charge < -0.3 is 14.8 Å². The van der Waals surface area contributed by atoms with Crippen molar-refractivity contribution in [2.24, 2.45) is 5.41 Å². The van der Waals surface area contributed by atoms with E-state index in [2.05, 4.69) is 33.8 Å². The van der Waals surface area contributed by atoms with Crippen molar-refractivity contribution in [3.8, 4) is 0 Å². The lowest BCUT2D eigenvalue weighted by atomic mass is 9.62. The fourth-order valence-corrected chi connectivity index (χ4v) is 6.31. The Balaban J connectivity index is 1.92. The van der Waals surface area contributed by atoms with Crippen LogP contribution in [0.2, 0.25) is 0 Å². The number of carboxylic acid groups (broad SMARTS) is 1. The predicted octanol–water partition coefficient (Wildman–Crippen LogP) is 3.63. The number of rotatable bonds is 2. The lowest BCUT2D eigenvalue weighted by Crippen LogP contribution is -2.59. The fraction of sp³-hybridized carbons (Fsp3) is 0.550. The molecule has 1 saturated heterocycles. The molecule has 5 nitrogen and oxygen atoms in total. The summed E-state index contributed by atoms with van der Waals surface area (Å²) in [6.07, 6.45) is 4.11. The highest BCUT2D eigenvalue weighted by molar-refractivity contribution is 9.10. The first kappa shape index (κ1) is 16.8. The zero-order chi connectivity index (χ0) is 18.3. The lowest BCUT2D eigenvalue weighted by molar-refractivity contribution is -0.190. The van der Waals surface area contributed by atoms with Crippen LogP contribution in [0.1, 0.15) is 49.9 Å². The van der Waals surface area contributed by atoms with Gasteiger partial charge in [-0.15, -0.1) is 0 Å². The van der Waals surface area contributed by atoms with Crippen LogP contribution in [-0.4, -0.2) is 38.7 Å². The molecule has 26 heavy (non-hydrogen) atoms. The van der Waals surface area contributed by atoms with Gasteiger partial charge in [0.15, 0.2) is 0 Å². The average Bonchev–Trinajstić information content (AvgIpc) is 2.95. The van der Waals surface area contributed by atoms with E-state index in [0.29, 0.717) is 0 Å². The molecule has 3 unspecified atom stereocenters. The van der Waals surface area contributed by atoms with Crippen LogP contribution in [-0.2, 0) is 16.9 Å². The van der Waals surface area contributed by atoms with E-state index >= 15 is 0 Å². The smallest absolute Gasteiger partial charge is 0.357 e. The van der Waals surface area contributed by atoms with Crippen molar-refractivity contribution in [3.63, 3.8) is 0 Å². The molecule has 3 atom stereocenters. The molecule has 6 heteroatoms. The van der Waals surface area contributed by atoms with E-state index < -0.39 is 11.7 Å². The largest absolute Gasteiger partial charge is 0.478 e. The first-order valence-corrected chi connectivity index (χ1v) is 10.2. The van der Waals surface area contributed by atoms with Crippen molar-refractivity contribution in [2.75, 3.05) is 13.1 Å². The molecule has 3 aliphatic heterocycles. The molecule has 0 amide bonds. The summed E-state index contributed by atoms with van der Waals surface area (Å²) in [6, 6.07) is 6.23. The van der Waals surface area contributed by atoms with Gasteiger partial charge in [-0.2, -0.15) is 0 Å². The molecule has 0 spiro atoms. The molecule has 1 fully saturated rings. The standard InChI is InChI=1S/C20H23BrN2O3/c1-2-19-7-3-8-22-9-6-14-13-5-4-12(21)10-15(13)23(16(14)17(19)22)20(26,11-19)18(24)25/h4-5,10,17,26H,2-3,6-9,11H2,1H3,(H,24,25). The first-order valence-electron chi connectivity index (χ1n) is 9.44. The summed E-state index contributed by atoms with van der Waals surface area (Å²) in [5.74, 6) is -1.15. The van der Waals surface area contributed by atoms with Crippen molar-refractivity contribution < 1.29 is 15.0 Å². The Bertz CT molecular complexity index is 939. The van der Waals surface area contributed by atoms with Crippen LogP contribution < -0.4 is 0 Å². The van der Waals surface area contributed by atoms with Crippen molar-refractivity contribution >= 4 is 32.8 Å². The summed E-state index contributed by atoms with van der Waals surface area (Å²) < 4.78 is 2.65. The van der Waals surface area contributed by atoms with Crippen LogP contribution in [0.4, 0.5) is 0 Å². The average molecular weight is 419 g/mol. The fourth-order valence-electron chi connectivity index (χ4n) is 5.96. The number of aromatic nitrogens is 1. The van der Waals surface area contributed by atoms with Crippen molar-refractivity contribution in [3.05, 3.63) is 33.9 Å². The highest BCUT2D eigenvalue weighted by Gasteiger charge is 2.60. The Morgan fingerprint density at radius 2 is 2.19 bits per heavy atom. The van der Waals surface area contributed by atoms with Gasteiger partial charge in [-0.3, -0.25) is 4.90 Å². The summed E-state index contributed by atoms with van der Waals surface area (Å²) in [7, 11) is 0. The number of nitrogens with zero attached hydrogens (tertiary/aromatic N) is 2. The number of aliphatic hydroxyl groups is 1. The van der Waals surface area contributed by atoms with Crippen LogP contribution in [0.5, 0.6) is 0 Å². The van der Waals surface area contributed by atoms with Crippen molar-refractivity contribution in [1.29, 1.82) is 0 Å². The number of halogens is 1. The summed E-state index contributed by atoms with van der Waals surface area (Å²) in [5.41, 5.74) is 1.03. The monoisotopic (exact) mass is 418 g/mol. The highest BCUT2D eigenvalue weighted by atomic mass is 79.9. The quantitative estimate of drug-likeness (QED) is 0.781. The maximum absolute atomic E-state index is 12.3. The zero-order valence-electron chi connectivity index (χ0n) is 14.8. The number of benzene rings is 1. The van der Waals surface area contributed by atoms with Crippen LogP contribution in [0.3, 0.4) is 0 Å². The number of hydrogen-bond donors (Lipinski definition) is 2. The molecule has 4 heterocycles. The molecule has 0 aliphatic carbocycles. The SMILES string of the molecule is CCC12CCCN3CCc4c(n(c5cc(Br)ccc45)C(O)(C(=O)O)C1)C32. The number of carboxylic acids is 1. The second-order valence-electron chi connectivity index (χ2n) is 8.17. The minimum absolute atomic E-state index is 0.178. The minimum Gasteiger partial charge on any atom is -0.478 e. The third kappa shape index (κ3) is 1.90. The Labute approximate surface area is 160 Å². The summed E-state index contributed by atoms with van der Waals surface area (Å²) in [5, 5.41) is 22.6. The molecule has 0 bridgehead atoms.